The second kappa shape index (κ2) is 11.5. The molecule has 4 aromatic rings. The van der Waals surface area contributed by atoms with Gasteiger partial charge in [0.1, 0.15) is 11.3 Å². The quantitative estimate of drug-likeness (QED) is 0.236. The van der Waals surface area contributed by atoms with E-state index in [0.717, 1.165) is 40.7 Å². The minimum atomic E-state index is -1.03. The zero-order valence-electron chi connectivity index (χ0n) is 20.2. The van der Waals surface area contributed by atoms with Crippen molar-refractivity contribution in [3.05, 3.63) is 71.2 Å². The third kappa shape index (κ3) is 6.23. The van der Waals surface area contributed by atoms with Crippen LogP contribution in [0.2, 0.25) is 0 Å². The molecule has 3 heterocycles. The number of carbonyl (C=O) groups excluding carboxylic acids is 1. The summed E-state index contributed by atoms with van der Waals surface area (Å²) >= 11 is 2.78. The number of aromatic carboxylic acids is 1. The lowest BCUT2D eigenvalue weighted by Gasteiger charge is -2.25. The van der Waals surface area contributed by atoms with E-state index in [1.165, 1.54) is 28.5 Å². The van der Waals surface area contributed by atoms with Crippen molar-refractivity contribution in [3.63, 3.8) is 0 Å². The number of aliphatic hydroxyl groups excluding tert-OH is 1. The van der Waals surface area contributed by atoms with E-state index in [1.54, 1.807) is 0 Å². The molecule has 1 aliphatic rings. The van der Waals surface area contributed by atoms with Crippen LogP contribution >= 0.6 is 23.1 Å². The molecule has 2 aromatic carbocycles. The van der Waals surface area contributed by atoms with Gasteiger partial charge in [-0.05, 0) is 49.4 Å². The Hall–Kier alpha value is -3.14. The molecular formula is C28H28N2O5S2. The van der Waals surface area contributed by atoms with Crippen LogP contribution in [0.15, 0.2) is 68.7 Å². The molecule has 5 rings (SSSR count). The fraction of sp³-hybridized carbons (Fsp3) is 0.321. The molecule has 2 aromatic heterocycles. The summed E-state index contributed by atoms with van der Waals surface area (Å²) in [6.45, 7) is 0.589. The number of carbonyl (C=O) groups is 2. The van der Waals surface area contributed by atoms with Gasteiger partial charge in [0.2, 0.25) is 5.91 Å². The molecule has 9 heteroatoms. The number of para-hydroxylation sites is 1. The van der Waals surface area contributed by atoms with Crippen LogP contribution in [0.5, 0.6) is 0 Å². The Kier molecular flexibility index (Phi) is 7.93. The fourth-order valence-electron chi connectivity index (χ4n) is 4.79. The fourth-order valence-corrected chi connectivity index (χ4v) is 6.60. The maximum Gasteiger partial charge on any atom is 0.355 e. The minimum Gasteiger partial charge on any atom is -0.476 e. The van der Waals surface area contributed by atoms with Gasteiger partial charge in [0.05, 0.1) is 6.10 Å². The number of likely N-dealkylation sites (tertiary alicyclic amines) is 1. The number of rotatable bonds is 11. The Labute approximate surface area is 223 Å². The van der Waals surface area contributed by atoms with E-state index in [-0.39, 0.29) is 17.6 Å². The number of carboxylic acids is 1. The summed E-state index contributed by atoms with van der Waals surface area (Å²) in [4.78, 5) is 29.4. The average Bonchev–Trinajstić information content (AvgIpc) is 3.62. The molecule has 1 amide bonds. The summed E-state index contributed by atoms with van der Waals surface area (Å²) in [7, 11) is 0. The summed E-state index contributed by atoms with van der Waals surface area (Å²) in [5, 5.41) is 22.4. The van der Waals surface area contributed by atoms with Gasteiger partial charge in [0.15, 0.2) is 10.0 Å². The van der Waals surface area contributed by atoms with E-state index < -0.39 is 12.1 Å². The van der Waals surface area contributed by atoms with Gasteiger partial charge in [0, 0.05) is 41.1 Å². The lowest BCUT2D eigenvalue weighted by Crippen LogP contribution is -2.35. The molecular weight excluding hydrogens is 508 g/mol. The Morgan fingerprint density at radius 1 is 1.22 bits per heavy atom. The van der Waals surface area contributed by atoms with E-state index in [0.29, 0.717) is 35.9 Å². The SMILES string of the molecule is O=C(O)c1csc(SCCN2C(=O)CC[C@@H]2CC[C@@H](O)Cc2cccc(-c3cc4ccccc4o3)c2)n1. The van der Waals surface area contributed by atoms with Gasteiger partial charge in [-0.1, -0.05) is 48.2 Å². The van der Waals surface area contributed by atoms with Crippen molar-refractivity contribution in [2.75, 3.05) is 12.3 Å². The Morgan fingerprint density at radius 2 is 2.08 bits per heavy atom. The van der Waals surface area contributed by atoms with Crippen molar-refractivity contribution >= 4 is 45.9 Å². The van der Waals surface area contributed by atoms with Gasteiger partial charge in [0.25, 0.3) is 0 Å². The molecule has 0 aliphatic carbocycles. The first-order chi connectivity index (χ1) is 18.0. The highest BCUT2D eigenvalue weighted by Gasteiger charge is 2.30. The van der Waals surface area contributed by atoms with Gasteiger partial charge in [-0.3, -0.25) is 4.79 Å². The van der Waals surface area contributed by atoms with E-state index in [9.17, 15) is 14.7 Å². The predicted octanol–water partition coefficient (Wildman–Crippen LogP) is 5.72. The zero-order chi connectivity index (χ0) is 25.8. The first-order valence-corrected chi connectivity index (χ1v) is 14.2. The zero-order valence-corrected chi connectivity index (χ0v) is 21.8. The van der Waals surface area contributed by atoms with Crippen molar-refractivity contribution in [1.29, 1.82) is 0 Å². The predicted molar refractivity (Wildman–Crippen MR) is 145 cm³/mol. The number of benzene rings is 2. The highest BCUT2D eigenvalue weighted by atomic mass is 32.2. The van der Waals surface area contributed by atoms with E-state index in [4.69, 9.17) is 9.52 Å². The molecule has 0 radical (unpaired) electrons. The molecule has 37 heavy (non-hydrogen) atoms. The van der Waals surface area contributed by atoms with Crippen molar-refractivity contribution in [2.24, 2.45) is 0 Å². The third-order valence-electron chi connectivity index (χ3n) is 6.65. The highest BCUT2D eigenvalue weighted by Crippen LogP contribution is 2.30. The molecule has 1 fully saturated rings. The topological polar surface area (TPSA) is 104 Å². The van der Waals surface area contributed by atoms with Crippen LogP contribution in [0.1, 0.15) is 41.7 Å². The number of fused-ring (bicyclic) bond motifs is 1. The summed E-state index contributed by atoms with van der Waals surface area (Å²) in [5.41, 5.74) is 2.94. The molecule has 2 N–H and O–H groups in total. The standard InChI is InChI=1S/C28H28N2O5S2/c31-22(15-18-4-3-6-19(14-18)25-16-20-5-1-2-7-24(20)35-25)10-8-21-9-11-26(32)30(21)12-13-36-28-29-23(17-37-28)27(33)34/h1-7,14,16-17,21-22,31H,8-13,15H2,(H,33,34)/t21-,22+/m0/s1. The second-order valence-electron chi connectivity index (χ2n) is 9.22. The van der Waals surface area contributed by atoms with Gasteiger partial charge in [-0.25, -0.2) is 9.78 Å². The third-order valence-corrected chi connectivity index (χ3v) is 8.66. The average molecular weight is 537 g/mol. The van der Waals surface area contributed by atoms with Gasteiger partial charge in [-0.2, -0.15) is 0 Å². The lowest BCUT2D eigenvalue weighted by atomic mass is 9.99. The molecule has 2 atom stereocenters. The number of thioether (sulfide) groups is 1. The van der Waals surface area contributed by atoms with Crippen LogP contribution in [0.25, 0.3) is 22.3 Å². The Morgan fingerprint density at radius 3 is 2.89 bits per heavy atom. The second-order valence-corrected chi connectivity index (χ2v) is 11.4. The number of hydrogen-bond donors (Lipinski definition) is 2. The van der Waals surface area contributed by atoms with Gasteiger partial charge in [-0.15, -0.1) is 11.3 Å². The molecule has 192 valence electrons. The van der Waals surface area contributed by atoms with Crippen LogP contribution in [0.4, 0.5) is 0 Å². The normalized spacial score (nSPS) is 16.5. The molecule has 0 spiro atoms. The number of thiazole rings is 1. The van der Waals surface area contributed by atoms with Crippen LogP contribution in [-0.4, -0.2) is 56.4 Å². The summed E-state index contributed by atoms with van der Waals surface area (Å²) in [6, 6.07) is 18.2. The summed E-state index contributed by atoms with van der Waals surface area (Å²) in [5.74, 6) is 0.584. The van der Waals surface area contributed by atoms with E-state index >= 15 is 0 Å². The molecule has 0 saturated carbocycles. The molecule has 1 saturated heterocycles. The summed E-state index contributed by atoms with van der Waals surface area (Å²) in [6.07, 6.45) is 2.75. The Balaban J connectivity index is 1.12. The highest BCUT2D eigenvalue weighted by molar-refractivity contribution is 8.01. The number of aromatic nitrogens is 1. The maximum absolute atomic E-state index is 12.4. The number of aliphatic hydroxyl groups is 1. The minimum absolute atomic E-state index is 0.0553. The van der Waals surface area contributed by atoms with Crippen molar-refractivity contribution in [3.8, 4) is 11.3 Å². The summed E-state index contributed by atoms with van der Waals surface area (Å²) < 4.78 is 6.69. The van der Waals surface area contributed by atoms with Crippen LogP contribution in [0, 0.1) is 0 Å². The number of carboxylic acid groups (broad SMARTS) is 1. The lowest BCUT2D eigenvalue weighted by molar-refractivity contribution is -0.128. The van der Waals surface area contributed by atoms with Gasteiger partial charge < -0.3 is 19.5 Å². The smallest absolute Gasteiger partial charge is 0.355 e. The van der Waals surface area contributed by atoms with Crippen LogP contribution in [0.3, 0.4) is 0 Å². The monoisotopic (exact) mass is 536 g/mol. The number of amides is 1. The molecule has 1 aliphatic heterocycles. The van der Waals surface area contributed by atoms with Crippen molar-refractivity contribution in [2.45, 2.75) is 48.6 Å². The maximum atomic E-state index is 12.4. The van der Waals surface area contributed by atoms with Gasteiger partial charge >= 0.3 is 5.97 Å². The van der Waals surface area contributed by atoms with E-state index in [2.05, 4.69) is 11.1 Å². The number of hydrogen-bond acceptors (Lipinski definition) is 7. The molecule has 7 nitrogen and oxygen atoms in total. The largest absolute Gasteiger partial charge is 0.476 e. The van der Waals surface area contributed by atoms with E-state index in [1.807, 2.05) is 53.4 Å². The van der Waals surface area contributed by atoms with Crippen molar-refractivity contribution < 1.29 is 24.2 Å². The molecule has 0 bridgehead atoms. The van der Waals surface area contributed by atoms with Crippen molar-refractivity contribution in [1.82, 2.24) is 9.88 Å². The first kappa shape index (κ1) is 25.5. The first-order valence-electron chi connectivity index (χ1n) is 12.3. The number of nitrogens with zero attached hydrogens (tertiary/aromatic N) is 2. The van der Waals surface area contributed by atoms with Crippen LogP contribution < -0.4 is 0 Å². The molecule has 0 unspecified atom stereocenters. The van der Waals surface area contributed by atoms with Crippen LogP contribution in [-0.2, 0) is 11.2 Å². The number of furan rings is 1. The Bertz CT molecular complexity index is 1370.